The Hall–Kier alpha value is -1.06. The van der Waals surface area contributed by atoms with Gasteiger partial charge in [-0.05, 0) is 53.8 Å². The van der Waals surface area contributed by atoms with Crippen LogP contribution in [0.1, 0.15) is 32.7 Å². The van der Waals surface area contributed by atoms with Crippen molar-refractivity contribution in [2.75, 3.05) is 18.9 Å². The maximum Gasteiger partial charge on any atom is 0.256 e. The van der Waals surface area contributed by atoms with Crippen molar-refractivity contribution in [2.24, 2.45) is 0 Å². The lowest BCUT2D eigenvalue weighted by molar-refractivity contribution is 0.0930. The Morgan fingerprint density at radius 2 is 2.29 bits per heavy atom. The van der Waals surface area contributed by atoms with Gasteiger partial charge in [0.2, 0.25) is 0 Å². The number of hydrogen-bond acceptors (Lipinski definition) is 5. The highest BCUT2D eigenvalue weighted by molar-refractivity contribution is 14.1. The van der Waals surface area contributed by atoms with Crippen molar-refractivity contribution in [2.45, 2.75) is 19.1 Å². The lowest BCUT2D eigenvalue weighted by atomic mass is 10.0. The fourth-order valence-electron chi connectivity index (χ4n) is 2.87. The highest BCUT2D eigenvalue weighted by Gasteiger charge is 2.33. The van der Waals surface area contributed by atoms with Crippen molar-refractivity contribution >= 4 is 44.8 Å². The van der Waals surface area contributed by atoms with Gasteiger partial charge in [-0.15, -0.1) is 11.3 Å². The van der Waals surface area contributed by atoms with E-state index < -0.39 is 0 Å². The van der Waals surface area contributed by atoms with Gasteiger partial charge in [0.15, 0.2) is 9.93 Å². The number of likely N-dealkylation sites (N-methyl/N-ethyl adjacent to an activating group) is 1. The van der Waals surface area contributed by atoms with E-state index in [9.17, 15) is 4.79 Å². The van der Waals surface area contributed by atoms with Crippen LogP contribution in [0.15, 0.2) is 16.5 Å². The van der Waals surface area contributed by atoms with E-state index >= 15 is 0 Å². The molecule has 2 aliphatic rings. The summed E-state index contributed by atoms with van der Waals surface area (Å²) in [6.45, 7) is 1.93. The van der Waals surface area contributed by atoms with Gasteiger partial charge in [0.25, 0.3) is 5.91 Å². The normalized spacial score (nSPS) is 21.4. The number of amides is 1. The molecule has 5 nitrogen and oxygen atoms in total. The van der Waals surface area contributed by atoms with Crippen LogP contribution in [0.25, 0.3) is 0 Å². The van der Waals surface area contributed by atoms with E-state index in [0.29, 0.717) is 0 Å². The number of nitrogens with one attached hydrogen (secondary N) is 2. The number of furan rings is 1. The Balaban J connectivity index is 1.71. The molecule has 2 aromatic rings. The zero-order chi connectivity index (χ0) is 14.6. The van der Waals surface area contributed by atoms with E-state index in [1.165, 1.54) is 10.4 Å². The van der Waals surface area contributed by atoms with Crippen LogP contribution in [0.3, 0.4) is 0 Å². The molecule has 4 rings (SSSR count). The molecule has 0 aliphatic carbocycles. The molecule has 1 atom stereocenters. The number of thiophene rings is 1. The van der Waals surface area contributed by atoms with Gasteiger partial charge in [0.05, 0.1) is 5.56 Å². The van der Waals surface area contributed by atoms with E-state index in [1.54, 1.807) is 11.3 Å². The first-order valence-electron chi connectivity index (χ1n) is 6.77. The predicted octanol–water partition coefficient (Wildman–Crippen LogP) is 2.79. The molecule has 2 N–H and O–H groups in total. The Kier molecular flexibility index (Phi) is 3.23. The molecule has 4 heterocycles. The van der Waals surface area contributed by atoms with Gasteiger partial charge in [-0.1, -0.05) is 0 Å². The third-order valence-electron chi connectivity index (χ3n) is 3.90. The van der Waals surface area contributed by atoms with Gasteiger partial charge in [0.1, 0.15) is 10.8 Å². The summed E-state index contributed by atoms with van der Waals surface area (Å²) in [5.41, 5.74) is 2.05. The lowest BCUT2D eigenvalue weighted by Crippen LogP contribution is -2.38. The van der Waals surface area contributed by atoms with Crippen molar-refractivity contribution in [3.63, 3.8) is 0 Å². The molecule has 0 fully saturated rings. The Morgan fingerprint density at radius 3 is 3.05 bits per heavy atom. The van der Waals surface area contributed by atoms with Crippen LogP contribution < -0.4 is 10.6 Å². The number of fused-ring (bicyclic) bond motifs is 3. The van der Waals surface area contributed by atoms with Crippen LogP contribution in [0.5, 0.6) is 0 Å². The smallest absolute Gasteiger partial charge is 0.256 e. The minimum absolute atomic E-state index is 0.00205. The largest absolute Gasteiger partial charge is 0.451 e. The fraction of sp³-hybridized carbons (Fsp3) is 0.357. The average molecular weight is 415 g/mol. The molecule has 0 radical (unpaired) electrons. The van der Waals surface area contributed by atoms with Gasteiger partial charge in [-0.2, -0.15) is 0 Å². The second kappa shape index (κ2) is 4.99. The molecule has 0 bridgehead atoms. The number of anilines is 1. The molecule has 7 heteroatoms. The van der Waals surface area contributed by atoms with Crippen LogP contribution in [-0.4, -0.2) is 24.4 Å². The molecule has 110 valence electrons. The molecule has 1 amide bonds. The summed E-state index contributed by atoms with van der Waals surface area (Å²) in [6, 6.07) is 3.79. The van der Waals surface area contributed by atoms with Crippen molar-refractivity contribution in [1.29, 1.82) is 0 Å². The SMILES string of the molecule is CN1CCc2c(sc3c2C(=O)NC(c2ccc(I)o2)N3)C1. The second-order valence-electron chi connectivity index (χ2n) is 5.39. The molecule has 0 saturated heterocycles. The average Bonchev–Trinajstić information content (AvgIpc) is 3.01. The Bertz CT molecular complexity index is 724. The Morgan fingerprint density at radius 1 is 1.43 bits per heavy atom. The van der Waals surface area contributed by atoms with Crippen LogP contribution in [-0.2, 0) is 13.0 Å². The summed E-state index contributed by atoms with van der Waals surface area (Å²) in [5, 5.41) is 7.36. The molecular weight excluding hydrogens is 401 g/mol. The number of rotatable bonds is 1. The number of carbonyl (C=O) groups is 1. The second-order valence-corrected chi connectivity index (χ2v) is 7.56. The topological polar surface area (TPSA) is 57.5 Å². The van der Waals surface area contributed by atoms with Crippen LogP contribution in [0, 0.1) is 3.77 Å². The van der Waals surface area contributed by atoms with E-state index in [4.69, 9.17) is 4.42 Å². The number of hydrogen-bond donors (Lipinski definition) is 2. The van der Waals surface area contributed by atoms with Gasteiger partial charge in [-0.25, -0.2) is 0 Å². The predicted molar refractivity (Wildman–Crippen MR) is 89.6 cm³/mol. The third-order valence-corrected chi connectivity index (χ3v) is 5.63. The summed E-state index contributed by atoms with van der Waals surface area (Å²) in [6.07, 6.45) is 0.655. The molecule has 0 saturated carbocycles. The fourth-order valence-corrected chi connectivity index (χ4v) is 4.66. The standard InChI is InChI=1S/C14H14IN3O2S/c1-18-5-4-7-9(6-18)21-14-11(7)13(19)16-12(17-14)8-2-3-10(15)20-8/h2-3,12,17H,4-6H2,1H3,(H,16,19). The van der Waals surface area contributed by atoms with Gasteiger partial charge >= 0.3 is 0 Å². The van der Waals surface area contributed by atoms with Crippen LogP contribution in [0.4, 0.5) is 5.00 Å². The van der Waals surface area contributed by atoms with E-state index in [1.807, 2.05) is 12.1 Å². The molecule has 21 heavy (non-hydrogen) atoms. The minimum atomic E-state index is -0.286. The number of carbonyl (C=O) groups excluding carboxylic acids is 1. The molecular formula is C14H14IN3O2S. The summed E-state index contributed by atoms with van der Waals surface area (Å²) in [4.78, 5) is 16.1. The lowest BCUT2D eigenvalue weighted by Gasteiger charge is -2.25. The molecule has 0 spiro atoms. The zero-order valence-corrected chi connectivity index (χ0v) is 14.4. The molecule has 1 unspecified atom stereocenters. The molecule has 2 aromatic heterocycles. The zero-order valence-electron chi connectivity index (χ0n) is 11.4. The molecule has 2 aliphatic heterocycles. The summed E-state index contributed by atoms with van der Waals surface area (Å²) in [7, 11) is 2.11. The van der Waals surface area contributed by atoms with E-state index in [0.717, 1.165) is 39.6 Å². The van der Waals surface area contributed by atoms with Crippen molar-refractivity contribution in [3.05, 3.63) is 37.7 Å². The quantitative estimate of drug-likeness (QED) is 0.704. The van der Waals surface area contributed by atoms with Crippen molar-refractivity contribution < 1.29 is 9.21 Å². The first-order chi connectivity index (χ1) is 10.1. The summed E-state index contributed by atoms with van der Waals surface area (Å²) in [5.74, 6) is 0.740. The number of halogens is 1. The monoisotopic (exact) mass is 415 g/mol. The van der Waals surface area contributed by atoms with Crippen LogP contribution >= 0.6 is 33.9 Å². The Labute approximate surface area is 139 Å². The van der Waals surface area contributed by atoms with Gasteiger partial charge in [0, 0.05) is 18.0 Å². The van der Waals surface area contributed by atoms with Gasteiger partial charge in [-0.3, -0.25) is 4.79 Å². The third kappa shape index (κ3) is 2.27. The maximum absolute atomic E-state index is 12.5. The number of nitrogens with zero attached hydrogens (tertiary/aromatic N) is 1. The van der Waals surface area contributed by atoms with E-state index in [2.05, 4.69) is 45.2 Å². The van der Waals surface area contributed by atoms with Crippen LogP contribution in [0.2, 0.25) is 0 Å². The summed E-state index contributed by atoms with van der Waals surface area (Å²) < 4.78 is 6.43. The summed E-state index contributed by atoms with van der Waals surface area (Å²) >= 11 is 3.82. The maximum atomic E-state index is 12.5. The van der Waals surface area contributed by atoms with Gasteiger partial charge < -0.3 is 20.0 Å². The van der Waals surface area contributed by atoms with Crippen molar-refractivity contribution in [1.82, 2.24) is 10.2 Å². The first kappa shape index (κ1) is 13.6. The van der Waals surface area contributed by atoms with Crippen molar-refractivity contribution in [3.8, 4) is 0 Å². The highest BCUT2D eigenvalue weighted by atomic mass is 127. The highest BCUT2D eigenvalue weighted by Crippen LogP contribution is 2.40. The molecule has 0 aromatic carbocycles. The minimum Gasteiger partial charge on any atom is -0.451 e. The first-order valence-corrected chi connectivity index (χ1v) is 8.67. The van der Waals surface area contributed by atoms with E-state index in [-0.39, 0.29) is 12.1 Å².